The lowest BCUT2D eigenvalue weighted by Gasteiger charge is -2.41. The second-order valence-electron chi connectivity index (χ2n) is 9.97. The van der Waals surface area contributed by atoms with Gasteiger partial charge in [-0.2, -0.15) is 4.98 Å². The van der Waals surface area contributed by atoms with Gasteiger partial charge in [0.25, 0.3) is 0 Å². The first-order chi connectivity index (χ1) is 19.6. The predicted octanol–water partition coefficient (Wildman–Crippen LogP) is 4.43. The van der Waals surface area contributed by atoms with E-state index in [0.717, 1.165) is 61.7 Å². The molecule has 0 atom stereocenters. The molecule has 0 unspecified atom stereocenters. The number of amides is 1. The van der Waals surface area contributed by atoms with Gasteiger partial charge in [-0.25, -0.2) is 15.0 Å². The summed E-state index contributed by atoms with van der Waals surface area (Å²) in [7, 11) is 1.64. The number of rotatable bonds is 8. The van der Waals surface area contributed by atoms with E-state index in [1.54, 1.807) is 13.3 Å². The third-order valence-corrected chi connectivity index (χ3v) is 7.57. The van der Waals surface area contributed by atoms with E-state index in [1.165, 1.54) is 18.9 Å². The molecule has 4 heterocycles. The minimum Gasteiger partial charge on any atom is -0.494 e. The first-order valence-corrected chi connectivity index (χ1v) is 13.7. The summed E-state index contributed by atoms with van der Waals surface area (Å²) >= 11 is 0. The minimum absolute atomic E-state index is 0.272. The average Bonchev–Trinajstić information content (AvgIpc) is 3.68. The quantitative estimate of drug-likeness (QED) is 0.319. The fourth-order valence-electron chi connectivity index (χ4n) is 5.53. The number of fused-ring (bicyclic) bond motifs is 1. The Hall–Kier alpha value is -4.41. The van der Waals surface area contributed by atoms with Crippen molar-refractivity contribution in [3.8, 4) is 11.6 Å². The maximum atomic E-state index is 12.4. The van der Waals surface area contributed by atoms with Crippen molar-refractivity contribution >= 4 is 39.8 Å². The highest BCUT2D eigenvalue weighted by molar-refractivity contribution is 6.02. The van der Waals surface area contributed by atoms with Crippen LogP contribution in [-0.2, 0) is 4.79 Å². The molecule has 2 aliphatic heterocycles. The third-order valence-electron chi connectivity index (χ3n) is 7.57. The van der Waals surface area contributed by atoms with Crippen LogP contribution in [0.15, 0.2) is 73.6 Å². The van der Waals surface area contributed by atoms with Crippen LogP contribution >= 0.6 is 0 Å². The van der Waals surface area contributed by atoms with Gasteiger partial charge >= 0.3 is 0 Å². The summed E-state index contributed by atoms with van der Waals surface area (Å²) in [5, 5.41) is 12.4. The van der Waals surface area contributed by atoms with E-state index in [9.17, 15) is 4.79 Å². The summed E-state index contributed by atoms with van der Waals surface area (Å²) in [4.78, 5) is 23.9. The van der Waals surface area contributed by atoms with Crippen molar-refractivity contribution in [3.05, 3.63) is 73.6 Å². The molecule has 0 bridgehead atoms. The molecule has 1 amide bonds. The Kier molecular flexibility index (Phi) is 7.35. The molecule has 2 aromatic heterocycles. The Bertz CT molecular complexity index is 1520. The van der Waals surface area contributed by atoms with Gasteiger partial charge in [-0.15, -0.1) is 0 Å². The smallest absolute Gasteiger partial charge is 0.247 e. The van der Waals surface area contributed by atoms with Crippen molar-refractivity contribution in [3.63, 3.8) is 0 Å². The van der Waals surface area contributed by atoms with Gasteiger partial charge < -0.3 is 24.8 Å². The van der Waals surface area contributed by atoms with Gasteiger partial charge in [0, 0.05) is 57.7 Å². The monoisotopic (exact) mass is 538 g/mol. The van der Waals surface area contributed by atoms with Crippen LogP contribution in [0, 0.1) is 0 Å². The molecule has 40 heavy (non-hydrogen) atoms. The fraction of sp³-hybridized carbons (Fsp3) is 0.300. The summed E-state index contributed by atoms with van der Waals surface area (Å²) < 4.78 is 7.82. The number of aromatic nitrogens is 3. The van der Waals surface area contributed by atoms with Crippen LogP contribution in [0.3, 0.4) is 0 Å². The maximum Gasteiger partial charge on any atom is 0.247 e. The van der Waals surface area contributed by atoms with Crippen LogP contribution in [0.4, 0.5) is 23.0 Å². The number of methoxy groups -OCH3 is 1. The molecule has 0 spiro atoms. The third kappa shape index (κ3) is 5.23. The summed E-state index contributed by atoms with van der Waals surface area (Å²) in [6.45, 7) is 9.47. The highest BCUT2D eigenvalue weighted by Gasteiger charge is 2.26. The van der Waals surface area contributed by atoms with Gasteiger partial charge in [0.05, 0.1) is 29.7 Å². The molecule has 4 aromatic rings. The molecule has 2 N–H and O–H groups in total. The number of nitrogens with zero attached hydrogens (tertiary/aromatic N) is 6. The maximum absolute atomic E-state index is 12.4. The summed E-state index contributed by atoms with van der Waals surface area (Å²) in [5.41, 5.74) is 3.30. The van der Waals surface area contributed by atoms with E-state index in [1.807, 2.05) is 41.1 Å². The molecule has 6 rings (SSSR count). The SMILES string of the molecule is C=CC(=O)Nc1cc(Nc2nccc(-n3ccc4ccccc43)n2)c(OC)cc1N1CCN(N2CCCC2)CC1. The molecule has 2 fully saturated rings. The molecule has 206 valence electrons. The average molecular weight is 539 g/mol. The number of carbonyl (C=O) groups is 1. The molecule has 2 aromatic carbocycles. The van der Waals surface area contributed by atoms with Crippen LogP contribution in [0.1, 0.15) is 12.8 Å². The zero-order valence-corrected chi connectivity index (χ0v) is 22.7. The lowest BCUT2D eigenvalue weighted by molar-refractivity contribution is -0.111. The first kappa shape index (κ1) is 25.8. The highest BCUT2D eigenvalue weighted by atomic mass is 16.5. The summed E-state index contributed by atoms with van der Waals surface area (Å²) in [5.74, 6) is 1.52. The summed E-state index contributed by atoms with van der Waals surface area (Å²) in [6, 6.07) is 15.9. The molecular weight excluding hydrogens is 504 g/mol. The van der Waals surface area contributed by atoms with Crippen molar-refractivity contribution in [1.82, 2.24) is 24.6 Å². The largest absolute Gasteiger partial charge is 0.494 e. The number of piperazine rings is 1. The van der Waals surface area contributed by atoms with Crippen molar-refractivity contribution in [2.24, 2.45) is 0 Å². The number of hydrogen-bond acceptors (Lipinski definition) is 8. The number of ether oxygens (including phenoxy) is 1. The van der Waals surface area contributed by atoms with Gasteiger partial charge in [-0.3, -0.25) is 4.79 Å². The number of hydrogen-bond donors (Lipinski definition) is 2. The van der Waals surface area contributed by atoms with E-state index < -0.39 is 0 Å². The Morgan fingerprint density at radius 1 is 0.975 bits per heavy atom. The van der Waals surface area contributed by atoms with Crippen LogP contribution in [0.2, 0.25) is 0 Å². The van der Waals surface area contributed by atoms with Crippen LogP contribution in [0.25, 0.3) is 16.7 Å². The van der Waals surface area contributed by atoms with Crippen molar-refractivity contribution in [2.75, 3.05) is 61.9 Å². The molecule has 10 nitrogen and oxygen atoms in total. The van der Waals surface area contributed by atoms with Gasteiger partial charge in [0.15, 0.2) is 0 Å². The van der Waals surface area contributed by atoms with Crippen molar-refractivity contribution < 1.29 is 9.53 Å². The Morgan fingerprint density at radius 3 is 2.52 bits per heavy atom. The summed E-state index contributed by atoms with van der Waals surface area (Å²) in [6.07, 6.45) is 7.52. The Balaban J connectivity index is 1.28. The Morgan fingerprint density at radius 2 is 1.75 bits per heavy atom. The number of para-hydroxylation sites is 1. The van der Waals surface area contributed by atoms with Crippen molar-refractivity contribution in [2.45, 2.75) is 12.8 Å². The molecule has 0 saturated carbocycles. The molecule has 2 saturated heterocycles. The lowest BCUT2D eigenvalue weighted by atomic mass is 10.1. The molecule has 0 radical (unpaired) electrons. The zero-order valence-electron chi connectivity index (χ0n) is 22.7. The number of hydrazine groups is 1. The van der Waals surface area contributed by atoms with Crippen LogP contribution in [-0.4, -0.2) is 76.8 Å². The molecule has 10 heteroatoms. The molecule has 2 aliphatic rings. The highest BCUT2D eigenvalue weighted by Crippen LogP contribution is 2.39. The van der Waals surface area contributed by atoms with E-state index in [4.69, 9.17) is 9.72 Å². The van der Waals surface area contributed by atoms with E-state index in [2.05, 4.69) is 55.3 Å². The van der Waals surface area contributed by atoms with Crippen LogP contribution < -0.4 is 20.3 Å². The topological polar surface area (TPSA) is 90.8 Å². The molecule has 0 aliphatic carbocycles. The van der Waals surface area contributed by atoms with Gasteiger partial charge in [-0.05, 0) is 48.6 Å². The van der Waals surface area contributed by atoms with Gasteiger partial charge in [0.1, 0.15) is 11.6 Å². The second kappa shape index (κ2) is 11.4. The second-order valence-corrected chi connectivity index (χ2v) is 9.97. The minimum atomic E-state index is -0.272. The van der Waals surface area contributed by atoms with Crippen molar-refractivity contribution in [1.29, 1.82) is 0 Å². The number of anilines is 4. The first-order valence-electron chi connectivity index (χ1n) is 13.7. The normalized spacial score (nSPS) is 16.3. The van der Waals surface area contributed by atoms with Gasteiger partial charge in [0.2, 0.25) is 11.9 Å². The predicted molar refractivity (Wildman–Crippen MR) is 159 cm³/mol. The van der Waals surface area contributed by atoms with E-state index in [0.29, 0.717) is 23.1 Å². The number of nitrogens with one attached hydrogen (secondary N) is 2. The molecular formula is C30H34N8O2. The fourth-order valence-corrected chi connectivity index (χ4v) is 5.53. The van der Waals surface area contributed by atoms with Crippen LogP contribution in [0.5, 0.6) is 5.75 Å². The standard InChI is InChI=1S/C30H34N8O2/c1-3-29(39)32-23-20-24(27(40-2)21-26(23)35-16-18-37(19-17-35)36-13-6-7-14-36)33-30-31-12-10-28(34-30)38-15-11-22-8-4-5-9-25(22)38/h3-5,8-12,15,20-21H,1,6-7,13-14,16-19H2,2H3,(H,32,39)(H,31,33,34). The van der Waals surface area contributed by atoms with E-state index in [-0.39, 0.29) is 5.91 Å². The Labute approximate surface area is 233 Å². The zero-order chi connectivity index (χ0) is 27.5. The van der Waals surface area contributed by atoms with Gasteiger partial charge in [-0.1, -0.05) is 24.8 Å². The number of benzene rings is 2. The lowest BCUT2D eigenvalue weighted by Crippen LogP contribution is -2.53. The number of carbonyl (C=O) groups excluding carboxylic acids is 1. The van der Waals surface area contributed by atoms with E-state index >= 15 is 0 Å².